The molecular weight excluding hydrogens is 375 g/mol. The van der Waals surface area contributed by atoms with Crippen LogP contribution in [0.4, 0.5) is 19.0 Å². The molecule has 28 heavy (non-hydrogen) atoms. The van der Waals surface area contributed by atoms with Crippen molar-refractivity contribution < 1.29 is 18.0 Å². The summed E-state index contributed by atoms with van der Waals surface area (Å²) < 4.78 is 40.3. The highest BCUT2D eigenvalue weighted by molar-refractivity contribution is 5.86. The van der Waals surface area contributed by atoms with E-state index < -0.39 is 18.0 Å². The number of anilines is 1. The largest absolute Gasteiger partial charge is 0.453 e. The predicted octanol–water partition coefficient (Wildman–Crippen LogP) is 1.19. The van der Waals surface area contributed by atoms with Gasteiger partial charge in [-0.05, 0) is 26.8 Å². The Labute approximate surface area is 159 Å². The number of amides is 1. The lowest BCUT2D eigenvalue weighted by Gasteiger charge is -2.36. The minimum atomic E-state index is -4.65. The number of hydrogen-bond donors (Lipinski definition) is 0. The fourth-order valence-electron chi connectivity index (χ4n) is 3.83. The summed E-state index contributed by atoms with van der Waals surface area (Å²) in [6, 6.07) is 1.25. The average Bonchev–Trinajstić information content (AvgIpc) is 3.27. The topological polar surface area (TPSA) is 69.9 Å². The lowest BCUT2D eigenvalue weighted by atomic mass is 10.1. The molecule has 2 fully saturated rings. The summed E-state index contributed by atoms with van der Waals surface area (Å²) in [4.78, 5) is 26.6. The van der Waals surface area contributed by atoms with Crippen molar-refractivity contribution in [3.63, 3.8) is 0 Å². The molecule has 0 bridgehead atoms. The number of aromatic nitrogens is 4. The van der Waals surface area contributed by atoms with E-state index in [0.717, 1.165) is 24.0 Å². The number of hydrogen-bond acceptors (Lipinski definition) is 6. The first-order chi connectivity index (χ1) is 13.2. The number of alkyl halides is 3. The predicted molar refractivity (Wildman–Crippen MR) is 95.0 cm³/mol. The minimum Gasteiger partial charge on any atom is -0.344 e. The molecule has 0 aliphatic carbocycles. The first-order valence-electron chi connectivity index (χ1n) is 9.29. The Hall–Kier alpha value is -2.43. The van der Waals surface area contributed by atoms with Crippen LogP contribution >= 0.6 is 0 Å². The summed E-state index contributed by atoms with van der Waals surface area (Å²) in [5.74, 6) is -0.895. The van der Waals surface area contributed by atoms with E-state index >= 15 is 0 Å². The van der Waals surface area contributed by atoms with Crippen LogP contribution in [0.3, 0.4) is 0 Å². The molecule has 0 N–H and O–H groups in total. The van der Waals surface area contributed by atoms with E-state index in [0.29, 0.717) is 37.6 Å². The first kappa shape index (κ1) is 18.9. The molecule has 4 heterocycles. The second-order valence-corrected chi connectivity index (χ2v) is 7.38. The third-order valence-electron chi connectivity index (χ3n) is 5.32. The van der Waals surface area contributed by atoms with Crippen molar-refractivity contribution in [2.45, 2.75) is 32.0 Å². The number of likely N-dealkylation sites (N-methyl/N-ethyl adjacent to an activating group) is 1. The minimum absolute atomic E-state index is 0.0179. The van der Waals surface area contributed by atoms with Gasteiger partial charge in [-0.1, -0.05) is 0 Å². The van der Waals surface area contributed by atoms with E-state index in [-0.39, 0.29) is 11.7 Å². The lowest BCUT2D eigenvalue weighted by Crippen LogP contribution is -2.53. The maximum atomic E-state index is 13.1. The molecule has 2 aromatic rings. The summed E-state index contributed by atoms with van der Waals surface area (Å²) in [7, 11) is 2.02. The van der Waals surface area contributed by atoms with Crippen molar-refractivity contribution in [2.24, 2.45) is 0 Å². The summed E-state index contributed by atoms with van der Waals surface area (Å²) in [5, 5.41) is 3.63. The van der Waals surface area contributed by atoms with Crippen LogP contribution in [0.25, 0.3) is 5.78 Å². The van der Waals surface area contributed by atoms with Gasteiger partial charge in [0.2, 0.25) is 5.91 Å². The van der Waals surface area contributed by atoms with Gasteiger partial charge in [0, 0.05) is 44.5 Å². The number of carbonyl (C=O) groups is 1. The normalized spacial score (nSPS) is 21.7. The highest BCUT2D eigenvalue weighted by atomic mass is 19.4. The molecule has 1 amide bonds. The average molecular weight is 397 g/mol. The second-order valence-electron chi connectivity index (χ2n) is 7.38. The fourth-order valence-corrected chi connectivity index (χ4v) is 3.83. The zero-order valence-electron chi connectivity index (χ0n) is 15.8. The van der Waals surface area contributed by atoms with Gasteiger partial charge in [-0.15, -0.1) is 5.10 Å². The SMILES string of the molecule is Cc1cc(N2CCCC2C(=O)N2CCN(C)CC2)n2nc(C(F)(F)F)nc2n1. The van der Waals surface area contributed by atoms with Crippen LogP contribution in [-0.4, -0.2) is 81.1 Å². The fraction of sp³-hybridized carbons (Fsp3) is 0.647. The molecule has 0 spiro atoms. The van der Waals surface area contributed by atoms with Crippen molar-refractivity contribution in [3.05, 3.63) is 17.6 Å². The van der Waals surface area contributed by atoms with Gasteiger partial charge >= 0.3 is 6.18 Å². The molecule has 8 nitrogen and oxygen atoms in total. The number of fused-ring (bicyclic) bond motifs is 1. The molecule has 2 saturated heterocycles. The van der Waals surface area contributed by atoms with E-state index in [9.17, 15) is 18.0 Å². The van der Waals surface area contributed by atoms with E-state index in [4.69, 9.17) is 0 Å². The number of rotatable bonds is 2. The molecule has 11 heteroatoms. The van der Waals surface area contributed by atoms with Crippen molar-refractivity contribution in [1.29, 1.82) is 0 Å². The van der Waals surface area contributed by atoms with Crippen LogP contribution in [-0.2, 0) is 11.0 Å². The van der Waals surface area contributed by atoms with Gasteiger partial charge < -0.3 is 14.7 Å². The molecule has 2 aromatic heterocycles. The van der Waals surface area contributed by atoms with Gasteiger partial charge in [-0.3, -0.25) is 4.79 Å². The highest BCUT2D eigenvalue weighted by Gasteiger charge is 2.39. The molecular formula is C17H22F3N7O. The van der Waals surface area contributed by atoms with Crippen LogP contribution in [0.15, 0.2) is 6.07 Å². The summed E-state index contributed by atoms with van der Waals surface area (Å²) in [5.41, 5.74) is 0.529. The zero-order valence-corrected chi connectivity index (χ0v) is 15.8. The van der Waals surface area contributed by atoms with Crippen molar-refractivity contribution in [3.8, 4) is 0 Å². The van der Waals surface area contributed by atoms with Gasteiger partial charge in [-0.25, -0.2) is 4.98 Å². The maximum Gasteiger partial charge on any atom is 0.453 e. The van der Waals surface area contributed by atoms with Crippen LogP contribution in [0, 0.1) is 6.92 Å². The Morgan fingerprint density at radius 2 is 1.86 bits per heavy atom. The van der Waals surface area contributed by atoms with Crippen LogP contribution in [0.5, 0.6) is 0 Å². The molecule has 4 rings (SSSR count). The molecule has 2 aliphatic rings. The van der Waals surface area contributed by atoms with Crippen molar-refractivity contribution in [2.75, 3.05) is 44.7 Å². The van der Waals surface area contributed by atoms with Crippen LogP contribution in [0.1, 0.15) is 24.4 Å². The molecule has 0 saturated carbocycles. The van der Waals surface area contributed by atoms with Crippen LogP contribution < -0.4 is 4.90 Å². The number of halogens is 3. The quantitative estimate of drug-likeness (QED) is 0.759. The molecule has 0 radical (unpaired) electrons. The van der Waals surface area contributed by atoms with E-state index in [1.807, 2.05) is 16.8 Å². The molecule has 1 atom stereocenters. The Morgan fingerprint density at radius 1 is 1.14 bits per heavy atom. The maximum absolute atomic E-state index is 13.1. The van der Waals surface area contributed by atoms with Gasteiger partial charge in [-0.2, -0.15) is 22.7 Å². The van der Waals surface area contributed by atoms with Crippen molar-refractivity contribution >= 4 is 17.5 Å². The number of piperazine rings is 1. The number of nitrogens with zero attached hydrogens (tertiary/aromatic N) is 7. The molecule has 0 aromatic carbocycles. The van der Waals surface area contributed by atoms with Gasteiger partial charge in [0.25, 0.3) is 11.6 Å². The lowest BCUT2D eigenvalue weighted by molar-refractivity contribution is -0.144. The smallest absolute Gasteiger partial charge is 0.344 e. The van der Waals surface area contributed by atoms with Crippen molar-refractivity contribution in [1.82, 2.24) is 29.4 Å². The third kappa shape index (κ3) is 3.38. The Kier molecular flexibility index (Phi) is 4.64. The van der Waals surface area contributed by atoms with E-state index in [1.165, 1.54) is 0 Å². The zero-order chi connectivity index (χ0) is 20.1. The van der Waals surface area contributed by atoms with Crippen LogP contribution in [0.2, 0.25) is 0 Å². The Bertz CT molecular complexity index is 889. The monoisotopic (exact) mass is 397 g/mol. The molecule has 152 valence electrons. The molecule has 1 unspecified atom stereocenters. The molecule has 2 aliphatic heterocycles. The Morgan fingerprint density at radius 3 is 2.54 bits per heavy atom. The summed E-state index contributed by atoms with van der Waals surface area (Å²) >= 11 is 0. The van der Waals surface area contributed by atoms with E-state index in [2.05, 4.69) is 20.0 Å². The summed E-state index contributed by atoms with van der Waals surface area (Å²) in [6.07, 6.45) is -3.21. The van der Waals surface area contributed by atoms with Gasteiger partial charge in [0.15, 0.2) is 0 Å². The second kappa shape index (κ2) is 6.87. The Balaban J connectivity index is 1.68. The van der Waals surface area contributed by atoms with Gasteiger partial charge in [0.1, 0.15) is 11.9 Å². The summed E-state index contributed by atoms with van der Waals surface area (Å²) in [6.45, 7) is 5.21. The third-order valence-corrected chi connectivity index (χ3v) is 5.32. The number of carbonyl (C=O) groups excluding carboxylic acids is 1. The first-order valence-corrected chi connectivity index (χ1v) is 9.29. The van der Waals surface area contributed by atoms with Gasteiger partial charge in [0.05, 0.1) is 0 Å². The van der Waals surface area contributed by atoms with E-state index in [1.54, 1.807) is 13.0 Å². The standard InChI is InChI=1S/C17H22F3N7O/c1-11-10-13(27-16(21-11)22-15(23-27)17(18,19)20)26-5-3-4-12(26)14(28)25-8-6-24(2)7-9-25/h10,12H,3-9H2,1-2H3. The highest BCUT2D eigenvalue weighted by Crippen LogP contribution is 2.30. The number of aryl methyl sites for hydroxylation is 1.